The first kappa shape index (κ1) is 26.8. The third kappa shape index (κ3) is 7.36. The van der Waals surface area contributed by atoms with Gasteiger partial charge in [-0.1, -0.05) is 13.3 Å². The molecule has 8 heteroatoms. The van der Waals surface area contributed by atoms with E-state index in [1.807, 2.05) is 23.8 Å². The molecule has 194 valence electrons. The van der Waals surface area contributed by atoms with Crippen molar-refractivity contribution < 1.29 is 23.9 Å². The number of ether oxygens (including phenoxy) is 2. The van der Waals surface area contributed by atoms with E-state index in [2.05, 4.69) is 6.92 Å². The van der Waals surface area contributed by atoms with Gasteiger partial charge in [-0.15, -0.1) is 0 Å². The molecule has 0 radical (unpaired) electrons. The summed E-state index contributed by atoms with van der Waals surface area (Å²) < 4.78 is 11.5. The molecule has 0 atom stereocenters. The summed E-state index contributed by atoms with van der Waals surface area (Å²) in [6.45, 7) is 7.84. The van der Waals surface area contributed by atoms with Crippen LogP contribution >= 0.6 is 0 Å². The fraction of sp³-hybridized carbons (Fsp3) is 0.667. The molecular weight excluding hydrogens is 446 g/mol. The molecule has 0 aromatic heterocycles. The van der Waals surface area contributed by atoms with Crippen molar-refractivity contribution in [1.29, 1.82) is 0 Å². The molecule has 0 bridgehead atoms. The molecule has 35 heavy (non-hydrogen) atoms. The predicted molar refractivity (Wildman–Crippen MR) is 135 cm³/mol. The van der Waals surface area contributed by atoms with Gasteiger partial charge in [-0.25, -0.2) is 0 Å². The lowest BCUT2D eigenvalue weighted by atomic mass is 9.94. The van der Waals surface area contributed by atoms with Gasteiger partial charge in [0.1, 0.15) is 0 Å². The fourth-order valence-corrected chi connectivity index (χ4v) is 4.73. The van der Waals surface area contributed by atoms with Crippen LogP contribution < -0.4 is 9.47 Å². The van der Waals surface area contributed by atoms with Crippen LogP contribution in [0.15, 0.2) is 18.2 Å². The fourth-order valence-electron chi connectivity index (χ4n) is 4.73. The number of carbonyl (C=O) groups is 3. The minimum absolute atomic E-state index is 0.0203. The number of nitrogens with zero attached hydrogens (tertiary/aromatic N) is 3. The summed E-state index contributed by atoms with van der Waals surface area (Å²) in [5.41, 5.74) is 0.521. The maximum absolute atomic E-state index is 13.2. The number of amides is 3. The summed E-state index contributed by atoms with van der Waals surface area (Å²) in [5.74, 6) is 0.996. The molecule has 0 saturated carbocycles. The van der Waals surface area contributed by atoms with Gasteiger partial charge in [0.05, 0.1) is 6.61 Å². The normalized spacial score (nSPS) is 16.7. The Bertz CT molecular complexity index is 860. The zero-order valence-electron chi connectivity index (χ0n) is 21.6. The molecule has 2 aliphatic rings. The van der Waals surface area contributed by atoms with Crippen LogP contribution in [0.2, 0.25) is 0 Å². The molecule has 2 heterocycles. The van der Waals surface area contributed by atoms with Crippen LogP contribution in [0.25, 0.3) is 0 Å². The maximum Gasteiger partial charge on any atom is 0.260 e. The molecule has 3 rings (SSSR count). The number of piperidine rings is 2. The average Bonchev–Trinajstić information content (AvgIpc) is 2.90. The van der Waals surface area contributed by atoms with E-state index in [1.165, 1.54) is 6.42 Å². The van der Waals surface area contributed by atoms with Crippen LogP contribution in [0.3, 0.4) is 0 Å². The largest absolute Gasteiger partial charge is 0.490 e. The van der Waals surface area contributed by atoms with Gasteiger partial charge in [-0.2, -0.15) is 0 Å². The van der Waals surface area contributed by atoms with Crippen molar-refractivity contribution >= 4 is 17.7 Å². The van der Waals surface area contributed by atoms with E-state index in [9.17, 15) is 14.4 Å². The quantitative estimate of drug-likeness (QED) is 0.504. The lowest BCUT2D eigenvalue weighted by Gasteiger charge is -2.33. The zero-order valence-corrected chi connectivity index (χ0v) is 21.6. The topological polar surface area (TPSA) is 79.4 Å². The van der Waals surface area contributed by atoms with E-state index in [0.717, 1.165) is 45.3 Å². The van der Waals surface area contributed by atoms with Gasteiger partial charge in [0.25, 0.3) is 11.8 Å². The second-order valence-corrected chi connectivity index (χ2v) is 9.50. The third-order valence-electron chi connectivity index (χ3n) is 6.91. The number of rotatable bonds is 10. The van der Waals surface area contributed by atoms with E-state index >= 15 is 0 Å². The molecule has 8 nitrogen and oxygen atoms in total. The first-order valence-corrected chi connectivity index (χ1v) is 13.2. The average molecular weight is 488 g/mol. The van der Waals surface area contributed by atoms with Crippen LogP contribution in [0.4, 0.5) is 0 Å². The minimum atomic E-state index is -0.0767. The Hall–Kier alpha value is -2.77. The van der Waals surface area contributed by atoms with Crippen LogP contribution in [0, 0.1) is 5.92 Å². The summed E-state index contributed by atoms with van der Waals surface area (Å²) in [6.07, 6.45) is 6.67. The molecule has 2 aliphatic heterocycles. The second kappa shape index (κ2) is 13.4. The van der Waals surface area contributed by atoms with Crippen molar-refractivity contribution in [1.82, 2.24) is 14.7 Å². The Balaban J connectivity index is 1.57. The van der Waals surface area contributed by atoms with Gasteiger partial charge in [0, 0.05) is 51.3 Å². The Morgan fingerprint density at radius 3 is 2.31 bits per heavy atom. The molecule has 2 saturated heterocycles. The lowest BCUT2D eigenvalue weighted by Crippen LogP contribution is -2.43. The summed E-state index contributed by atoms with van der Waals surface area (Å²) in [7, 11) is 1.87. The number of unbranched alkanes of at least 4 members (excludes halogenated alkanes) is 1. The van der Waals surface area contributed by atoms with Gasteiger partial charge < -0.3 is 24.2 Å². The highest BCUT2D eigenvalue weighted by Gasteiger charge is 2.30. The van der Waals surface area contributed by atoms with Crippen LogP contribution in [-0.2, 0) is 9.59 Å². The molecular formula is C27H41N3O5. The van der Waals surface area contributed by atoms with Crippen molar-refractivity contribution in [3.63, 3.8) is 0 Å². The van der Waals surface area contributed by atoms with E-state index in [4.69, 9.17) is 9.47 Å². The number of hydrogen-bond acceptors (Lipinski definition) is 5. The Morgan fingerprint density at radius 2 is 1.66 bits per heavy atom. The van der Waals surface area contributed by atoms with Crippen LogP contribution in [-0.4, -0.2) is 85.4 Å². The first-order chi connectivity index (χ1) is 16.9. The van der Waals surface area contributed by atoms with Gasteiger partial charge in [0.15, 0.2) is 18.1 Å². The SMILES string of the molecule is CCCCN(C)C(=O)C1CCN(C(=O)c2ccc(OCC(=O)N3CCCCC3)c(OCC)c2)CC1. The summed E-state index contributed by atoms with van der Waals surface area (Å²) in [6, 6.07) is 5.13. The monoisotopic (exact) mass is 487 g/mol. The highest BCUT2D eigenvalue weighted by molar-refractivity contribution is 5.95. The van der Waals surface area contributed by atoms with Gasteiger partial charge >= 0.3 is 0 Å². The Labute approximate surface area is 209 Å². The van der Waals surface area contributed by atoms with Gasteiger partial charge in [-0.3, -0.25) is 14.4 Å². The third-order valence-corrected chi connectivity index (χ3v) is 6.91. The van der Waals surface area contributed by atoms with Gasteiger partial charge in [-0.05, 0) is 63.6 Å². The second-order valence-electron chi connectivity index (χ2n) is 9.50. The van der Waals surface area contributed by atoms with E-state index < -0.39 is 0 Å². The van der Waals surface area contributed by atoms with E-state index in [1.54, 1.807) is 23.1 Å². The smallest absolute Gasteiger partial charge is 0.260 e. The Kier molecular flexibility index (Phi) is 10.2. The van der Waals surface area contributed by atoms with Crippen molar-refractivity contribution in [3.8, 4) is 11.5 Å². The molecule has 1 aromatic rings. The van der Waals surface area contributed by atoms with Crippen molar-refractivity contribution in [2.75, 3.05) is 53.0 Å². The molecule has 0 unspecified atom stereocenters. The molecule has 3 amide bonds. The summed E-state index contributed by atoms with van der Waals surface area (Å²) in [5, 5.41) is 0. The molecule has 0 spiro atoms. The van der Waals surface area contributed by atoms with Crippen molar-refractivity contribution in [2.45, 2.75) is 58.8 Å². The minimum Gasteiger partial charge on any atom is -0.490 e. The van der Waals surface area contributed by atoms with Crippen molar-refractivity contribution in [2.24, 2.45) is 5.92 Å². The molecule has 0 N–H and O–H groups in total. The molecule has 2 fully saturated rings. The summed E-state index contributed by atoms with van der Waals surface area (Å²) in [4.78, 5) is 43.8. The lowest BCUT2D eigenvalue weighted by molar-refractivity contribution is -0.135. The van der Waals surface area contributed by atoms with E-state index in [-0.39, 0.29) is 30.2 Å². The van der Waals surface area contributed by atoms with E-state index in [0.29, 0.717) is 49.6 Å². The Morgan fingerprint density at radius 1 is 0.943 bits per heavy atom. The molecule has 0 aliphatic carbocycles. The van der Waals surface area contributed by atoms with Gasteiger partial charge in [0.2, 0.25) is 5.91 Å². The first-order valence-electron chi connectivity index (χ1n) is 13.2. The number of likely N-dealkylation sites (tertiary alicyclic amines) is 2. The molecule has 1 aromatic carbocycles. The maximum atomic E-state index is 13.2. The number of carbonyl (C=O) groups excluding carboxylic acids is 3. The number of benzene rings is 1. The van der Waals surface area contributed by atoms with Crippen molar-refractivity contribution in [3.05, 3.63) is 23.8 Å². The predicted octanol–water partition coefficient (Wildman–Crippen LogP) is 3.59. The zero-order chi connectivity index (χ0) is 25.2. The van der Waals surface area contributed by atoms with Crippen LogP contribution in [0.1, 0.15) is 69.2 Å². The summed E-state index contributed by atoms with van der Waals surface area (Å²) >= 11 is 0. The number of hydrogen-bond donors (Lipinski definition) is 0. The highest BCUT2D eigenvalue weighted by Crippen LogP contribution is 2.30. The standard InChI is InChI=1S/C27H41N3O5/c1-4-6-14-28(3)26(32)21-12-17-30(18-13-21)27(33)22-10-11-23(24(19-22)34-5-2)35-20-25(31)29-15-8-7-9-16-29/h10-11,19,21H,4-9,12-18,20H2,1-3H3. The van der Waals surface area contributed by atoms with Crippen LogP contribution in [0.5, 0.6) is 11.5 Å². The highest BCUT2D eigenvalue weighted by atomic mass is 16.5.